The van der Waals surface area contributed by atoms with Gasteiger partial charge in [-0.05, 0) is 19.9 Å². The van der Waals surface area contributed by atoms with Crippen molar-refractivity contribution in [3.63, 3.8) is 0 Å². The Labute approximate surface area is 122 Å². The van der Waals surface area contributed by atoms with Crippen molar-refractivity contribution in [1.82, 2.24) is 20.2 Å². The van der Waals surface area contributed by atoms with E-state index in [1.54, 1.807) is 0 Å². The number of aromatic nitrogens is 2. The maximum Gasteiger partial charge on any atom is 0.133 e. The molecule has 112 valence electrons. The van der Waals surface area contributed by atoms with Crippen molar-refractivity contribution < 1.29 is 0 Å². The number of nitrogens with zero attached hydrogens (tertiary/aromatic N) is 3. The first-order valence-electron chi connectivity index (χ1n) is 7.67. The minimum Gasteiger partial charge on any atom is -0.370 e. The Balaban J connectivity index is 1.75. The molecule has 5 nitrogen and oxygen atoms in total. The number of nitrogens with one attached hydrogen (secondary N) is 2. The highest BCUT2D eigenvalue weighted by molar-refractivity contribution is 5.36. The third-order valence-electron chi connectivity index (χ3n) is 3.55. The smallest absolute Gasteiger partial charge is 0.133 e. The first-order valence-corrected chi connectivity index (χ1v) is 7.67. The van der Waals surface area contributed by atoms with E-state index in [0.717, 1.165) is 49.9 Å². The SMILES string of the molecule is Cc1cc(NCCCN2CCNCC2)nc(C(C)C)n1. The van der Waals surface area contributed by atoms with Crippen LogP contribution in [-0.4, -0.2) is 54.1 Å². The molecule has 0 radical (unpaired) electrons. The van der Waals surface area contributed by atoms with Crippen LogP contribution in [0.25, 0.3) is 0 Å². The zero-order valence-corrected chi connectivity index (χ0v) is 12.9. The zero-order valence-electron chi connectivity index (χ0n) is 12.9. The van der Waals surface area contributed by atoms with E-state index in [1.165, 1.54) is 13.1 Å². The highest BCUT2D eigenvalue weighted by Crippen LogP contribution is 2.13. The molecule has 1 aliphatic heterocycles. The monoisotopic (exact) mass is 277 g/mol. The number of hydrogen-bond acceptors (Lipinski definition) is 5. The minimum absolute atomic E-state index is 0.372. The third kappa shape index (κ3) is 4.72. The van der Waals surface area contributed by atoms with Gasteiger partial charge < -0.3 is 15.5 Å². The fraction of sp³-hybridized carbons (Fsp3) is 0.733. The average Bonchev–Trinajstić information content (AvgIpc) is 2.44. The zero-order chi connectivity index (χ0) is 14.4. The first kappa shape index (κ1) is 15.2. The molecule has 2 N–H and O–H groups in total. The Morgan fingerprint density at radius 3 is 2.75 bits per heavy atom. The topological polar surface area (TPSA) is 53.1 Å². The van der Waals surface area contributed by atoms with Gasteiger partial charge in [-0.15, -0.1) is 0 Å². The largest absolute Gasteiger partial charge is 0.370 e. The maximum atomic E-state index is 4.57. The van der Waals surface area contributed by atoms with E-state index < -0.39 is 0 Å². The molecule has 0 aromatic carbocycles. The lowest BCUT2D eigenvalue weighted by atomic mass is 10.2. The van der Waals surface area contributed by atoms with Crippen molar-refractivity contribution in [2.75, 3.05) is 44.6 Å². The summed E-state index contributed by atoms with van der Waals surface area (Å²) in [6.45, 7) is 13.0. The van der Waals surface area contributed by atoms with Crippen molar-refractivity contribution in [2.24, 2.45) is 0 Å². The van der Waals surface area contributed by atoms with Crippen molar-refractivity contribution in [3.8, 4) is 0 Å². The maximum absolute atomic E-state index is 4.57. The van der Waals surface area contributed by atoms with Gasteiger partial charge in [0.1, 0.15) is 11.6 Å². The molecule has 1 saturated heterocycles. The van der Waals surface area contributed by atoms with Crippen molar-refractivity contribution in [1.29, 1.82) is 0 Å². The Hall–Kier alpha value is -1.20. The van der Waals surface area contributed by atoms with Gasteiger partial charge in [0, 0.05) is 50.4 Å². The Morgan fingerprint density at radius 2 is 2.05 bits per heavy atom. The lowest BCUT2D eigenvalue weighted by Crippen LogP contribution is -2.44. The Kier molecular flexibility index (Phi) is 5.73. The van der Waals surface area contributed by atoms with Gasteiger partial charge in [-0.25, -0.2) is 9.97 Å². The van der Waals surface area contributed by atoms with Crippen molar-refractivity contribution >= 4 is 5.82 Å². The molecule has 0 atom stereocenters. The molecule has 0 amide bonds. The van der Waals surface area contributed by atoms with Crippen LogP contribution in [0.3, 0.4) is 0 Å². The summed E-state index contributed by atoms with van der Waals surface area (Å²) in [5.74, 6) is 2.26. The van der Waals surface area contributed by atoms with Crippen molar-refractivity contribution in [2.45, 2.75) is 33.1 Å². The standard InChI is InChI=1S/C15H27N5/c1-12(2)15-18-13(3)11-14(19-15)17-5-4-8-20-9-6-16-7-10-20/h11-12,16H,4-10H2,1-3H3,(H,17,18,19). The molecule has 1 aliphatic rings. The van der Waals surface area contributed by atoms with E-state index in [-0.39, 0.29) is 0 Å². The number of hydrogen-bond donors (Lipinski definition) is 2. The number of anilines is 1. The van der Waals surface area contributed by atoms with Gasteiger partial charge in [0.05, 0.1) is 0 Å². The summed E-state index contributed by atoms with van der Waals surface area (Å²) >= 11 is 0. The summed E-state index contributed by atoms with van der Waals surface area (Å²) in [6.07, 6.45) is 1.15. The van der Waals surface area contributed by atoms with Crippen molar-refractivity contribution in [3.05, 3.63) is 17.6 Å². The molecule has 0 bridgehead atoms. The summed E-state index contributed by atoms with van der Waals surface area (Å²) in [5.41, 5.74) is 1.04. The van der Waals surface area contributed by atoms with Crippen LogP contribution < -0.4 is 10.6 Å². The highest BCUT2D eigenvalue weighted by Gasteiger charge is 2.09. The van der Waals surface area contributed by atoms with Gasteiger partial charge in [0.15, 0.2) is 0 Å². The molecule has 0 saturated carbocycles. The number of aryl methyl sites for hydroxylation is 1. The minimum atomic E-state index is 0.372. The molecule has 0 unspecified atom stereocenters. The average molecular weight is 277 g/mol. The van der Waals surface area contributed by atoms with Crippen LogP contribution in [0.2, 0.25) is 0 Å². The van der Waals surface area contributed by atoms with Crippen LogP contribution in [0, 0.1) is 6.92 Å². The molecule has 5 heteroatoms. The highest BCUT2D eigenvalue weighted by atomic mass is 15.2. The van der Waals surface area contributed by atoms with Gasteiger partial charge in [0.2, 0.25) is 0 Å². The van der Waals surface area contributed by atoms with Crippen LogP contribution in [0.15, 0.2) is 6.07 Å². The predicted octanol–water partition coefficient (Wildman–Crippen LogP) is 1.62. The second-order valence-corrected chi connectivity index (χ2v) is 5.78. The number of piperazine rings is 1. The molecule has 2 heterocycles. The fourth-order valence-electron chi connectivity index (χ4n) is 2.39. The summed E-state index contributed by atoms with van der Waals surface area (Å²) in [5, 5.41) is 6.81. The normalized spacial score (nSPS) is 16.6. The predicted molar refractivity (Wildman–Crippen MR) is 83.3 cm³/mol. The van der Waals surface area contributed by atoms with E-state index in [1.807, 2.05) is 13.0 Å². The third-order valence-corrected chi connectivity index (χ3v) is 3.55. The molecule has 2 rings (SSSR count). The molecule has 0 aliphatic carbocycles. The number of rotatable bonds is 6. The summed E-state index contributed by atoms with van der Waals surface area (Å²) in [6, 6.07) is 2.02. The Bertz CT molecular complexity index is 413. The molecular formula is C15H27N5. The molecule has 1 aromatic rings. The van der Waals surface area contributed by atoms with Gasteiger partial charge in [0.25, 0.3) is 0 Å². The fourth-order valence-corrected chi connectivity index (χ4v) is 2.39. The molecule has 0 spiro atoms. The van der Waals surface area contributed by atoms with E-state index in [2.05, 4.69) is 39.3 Å². The van der Waals surface area contributed by atoms with E-state index in [9.17, 15) is 0 Å². The van der Waals surface area contributed by atoms with Gasteiger partial charge >= 0.3 is 0 Å². The van der Waals surface area contributed by atoms with Crippen LogP contribution in [0.4, 0.5) is 5.82 Å². The van der Waals surface area contributed by atoms with E-state index in [0.29, 0.717) is 5.92 Å². The quantitative estimate of drug-likeness (QED) is 0.774. The summed E-state index contributed by atoms with van der Waals surface area (Å²) < 4.78 is 0. The van der Waals surface area contributed by atoms with Crippen LogP contribution in [-0.2, 0) is 0 Å². The lowest BCUT2D eigenvalue weighted by molar-refractivity contribution is 0.240. The van der Waals surface area contributed by atoms with E-state index in [4.69, 9.17) is 0 Å². The van der Waals surface area contributed by atoms with Gasteiger partial charge in [-0.3, -0.25) is 0 Å². The second-order valence-electron chi connectivity index (χ2n) is 5.78. The first-order chi connectivity index (χ1) is 9.65. The Morgan fingerprint density at radius 1 is 1.30 bits per heavy atom. The van der Waals surface area contributed by atoms with E-state index >= 15 is 0 Å². The molecular weight excluding hydrogens is 250 g/mol. The molecule has 20 heavy (non-hydrogen) atoms. The van der Waals surface area contributed by atoms with Crippen LogP contribution in [0.1, 0.15) is 37.7 Å². The summed E-state index contributed by atoms with van der Waals surface area (Å²) in [4.78, 5) is 11.6. The lowest BCUT2D eigenvalue weighted by Gasteiger charge is -2.27. The molecule has 1 aromatic heterocycles. The van der Waals surface area contributed by atoms with Crippen LogP contribution >= 0.6 is 0 Å². The molecule has 1 fully saturated rings. The van der Waals surface area contributed by atoms with Crippen LogP contribution in [0.5, 0.6) is 0 Å². The van der Waals surface area contributed by atoms with Gasteiger partial charge in [-0.1, -0.05) is 13.8 Å². The second kappa shape index (κ2) is 7.55. The summed E-state index contributed by atoms with van der Waals surface area (Å²) in [7, 11) is 0. The van der Waals surface area contributed by atoms with Gasteiger partial charge in [-0.2, -0.15) is 0 Å².